The topological polar surface area (TPSA) is 165 Å². The molecule has 4 aliphatic rings. The van der Waals surface area contributed by atoms with Crippen LogP contribution in [0.25, 0.3) is 217 Å². The molecule has 0 atom stereocenters. The van der Waals surface area contributed by atoms with Gasteiger partial charge in [-0.2, -0.15) is 5.26 Å². The third-order valence-electron chi connectivity index (χ3n) is 24.1. The minimum atomic E-state index is -0.132. The Balaban J connectivity index is 0.000000108. The van der Waals surface area contributed by atoms with Gasteiger partial charge in [0.15, 0.2) is 27.1 Å². The molecule has 0 unspecified atom stereocenters. The summed E-state index contributed by atoms with van der Waals surface area (Å²) in [6, 6.07) is 89.2. The van der Waals surface area contributed by atoms with Crippen molar-refractivity contribution in [3.63, 3.8) is 0 Å². The number of rotatable bonds is 0. The van der Waals surface area contributed by atoms with Crippen LogP contribution < -0.4 is 27.1 Å². The van der Waals surface area contributed by atoms with E-state index in [1.54, 1.807) is 6.92 Å². The maximum Gasteiger partial charge on any atom is 0.270 e. The molecule has 114 heavy (non-hydrogen) atoms. The van der Waals surface area contributed by atoms with Crippen molar-refractivity contribution in [1.82, 2.24) is 0 Å². The van der Waals surface area contributed by atoms with Crippen LogP contribution in [0.3, 0.4) is 0 Å². The first-order chi connectivity index (χ1) is 55.4. The van der Waals surface area contributed by atoms with E-state index in [9.17, 15) is 39.8 Å². The number of fused-ring (bicyclic) bond motifs is 39. The van der Waals surface area contributed by atoms with E-state index in [2.05, 4.69) is 40.5 Å². The second-order valence-corrected chi connectivity index (χ2v) is 29.4. The van der Waals surface area contributed by atoms with E-state index >= 15 is 0 Å². The van der Waals surface area contributed by atoms with Crippen molar-refractivity contribution >= 4 is 162 Å². The van der Waals surface area contributed by atoms with E-state index in [0.717, 1.165) is 170 Å². The van der Waals surface area contributed by atoms with Gasteiger partial charge in [-0.25, -0.2) is 20.2 Å². The molecule has 20 aromatic rings. The molecule has 0 saturated heterocycles. The number of allylic oxidation sites excluding steroid dienone is 3. The van der Waals surface area contributed by atoms with Crippen LogP contribution in [0.5, 0.6) is 0 Å². The maximum absolute atomic E-state index is 14.4. The summed E-state index contributed by atoms with van der Waals surface area (Å²) in [4.78, 5) is 77.8. The van der Waals surface area contributed by atoms with Crippen molar-refractivity contribution in [2.45, 2.75) is 14.4 Å². The Morgan fingerprint density at radius 1 is 0.272 bits per heavy atom. The van der Waals surface area contributed by atoms with E-state index < -0.39 is 0 Å². The summed E-state index contributed by atoms with van der Waals surface area (Å²) in [7, 11) is 0. The van der Waals surface area contributed by atoms with Gasteiger partial charge >= 0.3 is 0 Å². The van der Waals surface area contributed by atoms with Crippen molar-refractivity contribution < 1.29 is 0 Å². The highest BCUT2D eigenvalue weighted by Gasteiger charge is 2.45. The predicted octanol–water partition coefficient (Wildman–Crippen LogP) is 23.4. The fourth-order valence-corrected chi connectivity index (χ4v) is 19.7. The van der Waals surface area contributed by atoms with E-state index in [1.165, 1.54) is 0 Å². The summed E-state index contributed by atoms with van der Waals surface area (Å²) in [6.45, 7) is 22.0. The molecule has 0 heterocycles. The van der Waals surface area contributed by atoms with Crippen molar-refractivity contribution in [2.75, 3.05) is 0 Å². The molecule has 0 fully saturated rings. The van der Waals surface area contributed by atoms with Gasteiger partial charge in [0, 0.05) is 114 Å². The summed E-state index contributed by atoms with van der Waals surface area (Å²) in [5.74, 6) is 0. The average Bonchev–Trinajstić information content (AvgIpc) is 1.52. The molecule has 10 heteroatoms. The molecule has 0 aromatic heterocycles. The minimum Gasteiger partial charge on any atom is -0.289 e. The molecule has 4 aliphatic carbocycles. The Morgan fingerprint density at radius 2 is 0.535 bits per heavy atom. The lowest BCUT2D eigenvalue weighted by atomic mass is 9.83. The van der Waals surface area contributed by atoms with E-state index in [4.69, 9.17) is 13.1 Å². The third kappa shape index (κ3) is 8.37. The summed E-state index contributed by atoms with van der Waals surface area (Å²) in [5, 5.41) is 50.0. The summed E-state index contributed by atoms with van der Waals surface area (Å²) < 4.78 is 0. The van der Waals surface area contributed by atoms with Crippen LogP contribution in [0.2, 0.25) is 0 Å². The smallest absolute Gasteiger partial charge is 0.270 e. The molecule has 20 aromatic carbocycles. The van der Waals surface area contributed by atoms with Gasteiger partial charge in [-0.05, 0) is 186 Å². The van der Waals surface area contributed by atoms with Gasteiger partial charge in [-0.3, -0.25) is 24.0 Å². The first-order valence-corrected chi connectivity index (χ1v) is 36.8. The van der Waals surface area contributed by atoms with Gasteiger partial charge < -0.3 is 0 Å². The van der Waals surface area contributed by atoms with E-state index in [0.29, 0.717) is 86.7 Å². The molecule has 0 bridgehead atoms. The molecule has 24 rings (SSSR count). The summed E-state index contributed by atoms with van der Waals surface area (Å²) in [6.07, 6.45) is 0. The minimum absolute atomic E-state index is 0. The summed E-state index contributed by atoms with van der Waals surface area (Å²) in [5.41, 5.74) is 16.6. The third-order valence-corrected chi connectivity index (χ3v) is 24.1. The average molecular weight is 1450 g/mol. The second kappa shape index (κ2) is 23.9. The zero-order valence-corrected chi connectivity index (χ0v) is 59.7. The molecular weight excluding hydrogens is 1400 g/mol. The van der Waals surface area contributed by atoms with Crippen molar-refractivity contribution in [2.24, 2.45) is 0 Å². The lowest BCUT2D eigenvalue weighted by molar-refractivity contribution is 1.44. The van der Waals surface area contributed by atoms with Crippen LogP contribution in [0.1, 0.15) is 58.9 Å². The Kier molecular flexibility index (Phi) is 13.9. The van der Waals surface area contributed by atoms with Gasteiger partial charge in [-0.1, -0.05) is 232 Å². The molecule has 0 radical (unpaired) electrons. The van der Waals surface area contributed by atoms with Crippen LogP contribution in [0.4, 0.5) is 0 Å². The van der Waals surface area contributed by atoms with Crippen LogP contribution in [-0.4, -0.2) is 0 Å². The summed E-state index contributed by atoms with van der Waals surface area (Å²) >= 11 is 0. The van der Waals surface area contributed by atoms with Crippen LogP contribution in [0, 0.1) is 47.1 Å². The maximum atomic E-state index is 14.4. The van der Waals surface area contributed by atoms with Crippen molar-refractivity contribution in [1.29, 1.82) is 15.8 Å². The fraction of sp³-hybridized carbons (Fsp3) is 0.0192. The van der Waals surface area contributed by atoms with Gasteiger partial charge in [0.05, 0.1) is 31.4 Å². The van der Waals surface area contributed by atoms with E-state index in [-0.39, 0.29) is 46.0 Å². The predicted molar refractivity (Wildman–Crippen MR) is 465 cm³/mol. The Morgan fingerprint density at radius 3 is 0.895 bits per heavy atom. The molecule has 0 N–H and O–H groups in total. The van der Waals surface area contributed by atoms with Crippen LogP contribution in [0.15, 0.2) is 302 Å². The van der Waals surface area contributed by atoms with Crippen LogP contribution in [-0.2, 0) is 0 Å². The molecule has 10 nitrogen and oxygen atoms in total. The standard InChI is InChI=1S/C39H18O3.C36H15N5.C28H14O2.CH4/c40-37-28-16-22-10-4-1-7-19(22)13-25(28)31-34(37)32-27-15-21-9-3-6-12-24(21)18-30(27)39(42)36(32)33-26-14-20-8-2-5-11-23(20)17-29(26)38(41)35(31)33;1-19(16-37)28-20-10-4-7-13-23(20)31-34(28)32-24-14-8-5-11-21(24)29(26(17-38)40-2)36(32)33-25-15-9-6-12-22(25)30(35(31)33)27(18-39)41-3;1-14-15-8-2-3-9-16(15)22-21(14)23-17-10-4-6-12-19(17)27(29)26(23)24-18-11-5-7-13-20(18)28(30)25(22)24;/h1-18H;4-15H,1H3;2-13H,1H2;1H4/b;28-19-,29-26-,30-27+;;. The highest BCUT2D eigenvalue weighted by Crippen LogP contribution is 2.65. The van der Waals surface area contributed by atoms with Gasteiger partial charge in [0.1, 0.15) is 0 Å². The van der Waals surface area contributed by atoms with Crippen molar-refractivity contribution in [3.05, 3.63) is 397 Å². The van der Waals surface area contributed by atoms with Gasteiger partial charge in [0.2, 0.25) is 0 Å². The molecule has 0 saturated carbocycles. The monoisotopic (exact) mass is 1450 g/mol. The zero-order chi connectivity index (χ0) is 76.4. The molecule has 0 amide bonds. The SMILES string of the molecule is C.C=C1c2ccccc2-c2c1c1c3ccccc3c(=O)c1c1c2c(=O)c2ccccc21.O=c1c2cc3ccccc3cc2c2c1c1c3cc4ccccc4cc3c(=O)c1c1c3cc4ccccc4cc3c(=O)c21.[C-]#[N+]/C(C#N)=C1/c2ccccc2-c2c3c(c4c(c21)-c1ccccc1/C4=C(/C#N)[N+]#[C-])-c1ccccc1/C3=C(\C)C#N. The first kappa shape index (κ1) is 66.1. The lowest BCUT2D eigenvalue weighted by Crippen LogP contribution is -1.99. The Labute approximate surface area is 647 Å². The normalized spacial score (nSPS) is 13.9. The molecule has 0 spiro atoms. The quantitative estimate of drug-likeness (QED) is 0.107. The Hall–Kier alpha value is -16.2. The lowest BCUT2D eigenvalue weighted by Gasteiger charge is -2.19. The number of benzene rings is 15. The number of hydrogen-bond acceptors (Lipinski definition) is 8. The molecular formula is C104H51N5O5. The highest BCUT2D eigenvalue weighted by atomic mass is 16.1. The zero-order valence-electron chi connectivity index (χ0n) is 59.7. The largest absolute Gasteiger partial charge is 0.289 e. The first-order valence-electron chi connectivity index (χ1n) is 36.8. The van der Waals surface area contributed by atoms with Crippen molar-refractivity contribution in [3.8, 4) is 62.7 Å². The van der Waals surface area contributed by atoms with Gasteiger partial charge in [-0.15, -0.1) is 0 Å². The molecule has 522 valence electrons. The van der Waals surface area contributed by atoms with E-state index in [1.807, 2.05) is 249 Å². The second-order valence-electron chi connectivity index (χ2n) is 29.4. The Bertz CT molecular complexity index is 8260. The molecule has 0 aliphatic heterocycles. The highest BCUT2D eigenvalue weighted by molar-refractivity contribution is 6.44. The van der Waals surface area contributed by atoms with Crippen LogP contribution >= 0.6 is 0 Å². The number of nitrogens with zero attached hydrogens (tertiary/aromatic N) is 5. The van der Waals surface area contributed by atoms with Gasteiger partial charge in [0.25, 0.3) is 11.4 Å². The number of hydrogen-bond donors (Lipinski definition) is 0. The number of nitriles is 3. The fourth-order valence-electron chi connectivity index (χ4n) is 19.7.